The second-order valence-electron chi connectivity index (χ2n) is 5.03. The number of ether oxygens (including phenoxy) is 1. The average Bonchev–Trinajstić information content (AvgIpc) is 2.93. The zero-order valence-electron chi connectivity index (χ0n) is 12.1. The predicted octanol–water partition coefficient (Wildman–Crippen LogP) is 0.707. The van der Waals surface area contributed by atoms with Crippen molar-refractivity contribution in [3.05, 3.63) is 11.7 Å². The van der Waals surface area contributed by atoms with Gasteiger partial charge in [0.05, 0.1) is 12.6 Å². The lowest BCUT2D eigenvalue weighted by molar-refractivity contribution is -0.126. The van der Waals surface area contributed by atoms with E-state index in [4.69, 9.17) is 9.26 Å². The smallest absolute Gasteiger partial charge is 0.246 e. The van der Waals surface area contributed by atoms with Crippen LogP contribution >= 0.6 is 0 Å². The van der Waals surface area contributed by atoms with Gasteiger partial charge in [0.25, 0.3) is 0 Å². The molecule has 0 spiro atoms. The molecule has 0 aliphatic carbocycles. The second kappa shape index (κ2) is 7.35. The predicted molar refractivity (Wildman–Crippen MR) is 71.7 cm³/mol. The number of hydrogen-bond acceptors (Lipinski definition) is 6. The Morgan fingerprint density at radius 2 is 2.20 bits per heavy atom. The van der Waals surface area contributed by atoms with Gasteiger partial charge < -0.3 is 14.6 Å². The maximum atomic E-state index is 12.1. The Morgan fingerprint density at radius 3 is 2.90 bits per heavy atom. The summed E-state index contributed by atoms with van der Waals surface area (Å²) in [5, 5.41) is 6.58. The molecular weight excluding hydrogens is 260 g/mol. The Balaban J connectivity index is 1.78. The van der Waals surface area contributed by atoms with Gasteiger partial charge in [-0.15, -0.1) is 0 Å². The molecule has 1 aliphatic heterocycles. The minimum Gasteiger partial charge on any atom is -0.377 e. The molecule has 1 amide bonds. The minimum atomic E-state index is -0.114. The number of methoxy groups -OCH3 is 1. The van der Waals surface area contributed by atoms with Crippen LogP contribution in [0, 0.1) is 0 Å². The van der Waals surface area contributed by atoms with Gasteiger partial charge in [0.2, 0.25) is 11.8 Å². The highest BCUT2D eigenvalue weighted by atomic mass is 16.5. The molecule has 112 valence electrons. The molecule has 1 fully saturated rings. The topological polar surface area (TPSA) is 80.5 Å². The van der Waals surface area contributed by atoms with Crippen molar-refractivity contribution in [2.75, 3.05) is 20.2 Å². The summed E-state index contributed by atoms with van der Waals surface area (Å²) in [6.07, 6.45) is 3.60. The molecular formula is C13H22N4O3. The van der Waals surface area contributed by atoms with E-state index in [2.05, 4.69) is 20.4 Å². The lowest BCUT2D eigenvalue weighted by Crippen LogP contribution is -2.46. The molecule has 2 rings (SSSR count). The first-order chi connectivity index (χ1) is 9.70. The van der Waals surface area contributed by atoms with E-state index in [1.165, 1.54) is 19.3 Å². The summed E-state index contributed by atoms with van der Waals surface area (Å²) in [5.74, 6) is 0.885. The van der Waals surface area contributed by atoms with Crippen LogP contribution in [0.3, 0.4) is 0 Å². The molecule has 1 unspecified atom stereocenters. The Kier molecular flexibility index (Phi) is 5.49. The number of nitrogens with one attached hydrogen (secondary N) is 1. The standard InChI is InChI=1S/C13H22N4O3/c1-10(17-6-4-3-5-7-17)13(18)14-8-12-15-11(9-19-2)16-20-12/h10H,3-9H2,1-2H3,(H,14,18). The zero-order chi connectivity index (χ0) is 14.4. The first-order valence-corrected chi connectivity index (χ1v) is 7.03. The molecule has 7 nitrogen and oxygen atoms in total. The fraction of sp³-hybridized carbons (Fsp3) is 0.769. The monoisotopic (exact) mass is 282 g/mol. The summed E-state index contributed by atoms with van der Waals surface area (Å²) in [6.45, 7) is 4.49. The van der Waals surface area contributed by atoms with Crippen LogP contribution in [-0.2, 0) is 22.7 Å². The Morgan fingerprint density at radius 1 is 1.45 bits per heavy atom. The van der Waals surface area contributed by atoms with Crippen LogP contribution in [0.1, 0.15) is 37.9 Å². The van der Waals surface area contributed by atoms with E-state index < -0.39 is 0 Å². The highest BCUT2D eigenvalue weighted by molar-refractivity contribution is 5.81. The summed E-state index contributed by atoms with van der Waals surface area (Å²) in [5.41, 5.74) is 0. The van der Waals surface area contributed by atoms with Gasteiger partial charge in [-0.1, -0.05) is 11.6 Å². The van der Waals surface area contributed by atoms with Crippen LogP contribution < -0.4 is 5.32 Å². The fourth-order valence-corrected chi connectivity index (χ4v) is 2.33. The number of piperidine rings is 1. The minimum absolute atomic E-state index is 0.00149. The molecule has 20 heavy (non-hydrogen) atoms. The molecule has 1 aromatic rings. The summed E-state index contributed by atoms with van der Waals surface area (Å²) >= 11 is 0. The van der Waals surface area contributed by atoms with E-state index in [0.29, 0.717) is 18.3 Å². The number of aromatic nitrogens is 2. The third-order valence-electron chi connectivity index (χ3n) is 3.52. The van der Waals surface area contributed by atoms with Crippen LogP contribution in [0.2, 0.25) is 0 Å². The quantitative estimate of drug-likeness (QED) is 0.827. The van der Waals surface area contributed by atoms with E-state index in [0.717, 1.165) is 13.1 Å². The molecule has 0 radical (unpaired) electrons. The van der Waals surface area contributed by atoms with Gasteiger partial charge in [0, 0.05) is 7.11 Å². The van der Waals surface area contributed by atoms with Gasteiger partial charge in [-0.2, -0.15) is 4.98 Å². The van der Waals surface area contributed by atoms with Gasteiger partial charge in [-0.25, -0.2) is 0 Å². The van der Waals surface area contributed by atoms with Gasteiger partial charge in [0.1, 0.15) is 6.61 Å². The second-order valence-corrected chi connectivity index (χ2v) is 5.03. The van der Waals surface area contributed by atoms with Crippen molar-refractivity contribution in [2.45, 2.75) is 45.4 Å². The number of hydrogen-bond donors (Lipinski definition) is 1. The first-order valence-electron chi connectivity index (χ1n) is 7.03. The summed E-state index contributed by atoms with van der Waals surface area (Å²) in [7, 11) is 1.57. The lowest BCUT2D eigenvalue weighted by Gasteiger charge is -2.31. The van der Waals surface area contributed by atoms with Crippen LogP contribution in [0.4, 0.5) is 0 Å². The van der Waals surface area contributed by atoms with E-state index in [1.807, 2.05) is 6.92 Å². The molecule has 1 aromatic heterocycles. The zero-order valence-corrected chi connectivity index (χ0v) is 12.1. The van der Waals surface area contributed by atoms with Crippen LogP contribution in [0.25, 0.3) is 0 Å². The number of amides is 1. The molecule has 0 bridgehead atoms. The Labute approximate surface area is 118 Å². The van der Waals surface area contributed by atoms with Gasteiger partial charge in [-0.3, -0.25) is 9.69 Å². The molecule has 1 aliphatic rings. The molecule has 1 N–H and O–H groups in total. The Bertz CT molecular complexity index is 429. The van der Waals surface area contributed by atoms with E-state index in [1.54, 1.807) is 7.11 Å². The number of carbonyl (C=O) groups excluding carboxylic acids is 1. The molecule has 0 aromatic carbocycles. The third-order valence-corrected chi connectivity index (χ3v) is 3.52. The molecule has 7 heteroatoms. The van der Waals surface area contributed by atoms with E-state index in [-0.39, 0.29) is 18.5 Å². The molecule has 1 atom stereocenters. The van der Waals surface area contributed by atoms with Crippen LogP contribution in [-0.4, -0.2) is 47.2 Å². The van der Waals surface area contributed by atoms with Crippen LogP contribution in [0.15, 0.2) is 4.52 Å². The third kappa shape index (κ3) is 4.01. The fourth-order valence-electron chi connectivity index (χ4n) is 2.33. The summed E-state index contributed by atoms with van der Waals surface area (Å²) < 4.78 is 9.93. The number of carbonyl (C=O) groups is 1. The molecule has 0 saturated carbocycles. The molecule has 1 saturated heterocycles. The number of likely N-dealkylation sites (tertiary alicyclic amines) is 1. The summed E-state index contributed by atoms with van der Waals surface area (Å²) in [6, 6.07) is -0.114. The number of nitrogens with zero attached hydrogens (tertiary/aromatic N) is 3. The van der Waals surface area contributed by atoms with Crippen molar-refractivity contribution in [1.29, 1.82) is 0 Å². The summed E-state index contributed by atoms with van der Waals surface area (Å²) in [4.78, 5) is 18.4. The molecule has 2 heterocycles. The average molecular weight is 282 g/mol. The normalized spacial score (nSPS) is 17.9. The van der Waals surface area contributed by atoms with Crippen LogP contribution in [0.5, 0.6) is 0 Å². The van der Waals surface area contributed by atoms with E-state index in [9.17, 15) is 4.79 Å². The highest BCUT2D eigenvalue weighted by Crippen LogP contribution is 2.12. The van der Waals surface area contributed by atoms with E-state index >= 15 is 0 Å². The van der Waals surface area contributed by atoms with Gasteiger partial charge in [0.15, 0.2) is 5.82 Å². The van der Waals surface area contributed by atoms with Gasteiger partial charge >= 0.3 is 0 Å². The SMILES string of the molecule is COCc1noc(CNC(=O)C(C)N2CCCCC2)n1. The van der Waals surface area contributed by atoms with Crippen molar-refractivity contribution in [1.82, 2.24) is 20.4 Å². The lowest BCUT2D eigenvalue weighted by atomic mass is 10.1. The Hall–Kier alpha value is -1.47. The first kappa shape index (κ1) is 14.9. The van der Waals surface area contributed by atoms with Crippen molar-refractivity contribution >= 4 is 5.91 Å². The van der Waals surface area contributed by atoms with Crippen molar-refractivity contribution < 1.29 is 14.1 Å². The van der Waals surface area contributed by atoms with Gasteiger partial charge in [-0.05, 0) is 32.9 Å². The number of rotatable bonds is 6. The van der Waals surface area contributed by atoms with Crippen molar-refractivity contribution in [3.8, 4) is 0 Å². The maximum absolute atomic E-state index is 12.1. The largest absolute Gasteiger partial charge is 0.377 e. The van der Waals surface area contributed by atoms with Crippen molar-refractivity contribution in [2.24, 2.45) is 0 Å². The highest BCUT2D eigenvalue weighted by Gasteiger charge is 2.22. The van der Waals surface area contributed by atoms with Crippen molar-refractivity contribution in [3.63, 3.8) is 0 Å². The maximum Gasteiger partial charge on any atom is 0.246 e.